The predicted molar refractivity (Wildman–Crippen MR) is 67.6 cm³/mol. The highest BCUT2D eigenvalue weighted by Gasteiger charge is 2.10. The number of aromatic nitrogens is 1. The van der Waals surface area contributed by atoms with Gasteiger partial charge in [-0.3, -0.25) is 4.79 Å². The predicted octanol–water partition coefficient (Wildman–Crippen LogP) is 1.89. The number of nitrogens with one attached hydrogen (secondary N) is 1. The number of hydrogen-bond donors (Lipinski definition) is 1. The number of rotatable bonds is 3. The Kier molecular flexibility index (Phi) is 3.75. The first-order valence-corrected chi connectivity index (χ1v) is 5.65. The second kappa shape index (κ2) is 5.48. The topological polar surface area (TPSA) is 59.2 Å². The Bertz CT molecular complexity index is 664. The van der Waals surface area contributed by atoms with Gasteiger partial charge < -0.3 is 9.72 Å². The summed E-state index contributed by atoms with van der Waals surface area (Å²) < 4.78 is 17.5. The molecule has 0 unspecified atom stereocenters. The van der Waals surface area contributed by atoms with Crippen molar-refractivity contribution < 1.29 is 13.9 Å². The Balaban J connectivity index is 2.26. The number of aromatic amines is 1. The maximum atomic E-state index is 13.0. The zero-order chi connectivity index (χ0) is 13.8. The number of benzene rings is 1. The van der Waals surface area contributed by atoms with Gasteiger partial charge in [0.1, 0.15) is 11.4 Å². The molecule has 4 nitrogen and oxygen atoms in total. The van der Waals surface area contributed by atoms with E-state index in [1.807, 2.05) is 0 Å². The molecule has 0 saturated carbocycles. The molecule has 1 N–H and O–H groups in total. The normalized spacial score (nSPS) is 10.2. The molecule has 1 aromatic carbocycles. The fraction of sp³-hybridized carbons (Fsp3) is 0.143. The molecular formula is C14H12FNO3. The smallest absolute Gasteiger partial charge is 0.343 e. The van der Waals surface area contributed by atoms with Crippen LogP contribution in [0.3, 0.4) is 0 Å². The third-order valence-corrected chi connectivity index (χ3v) is 2.66. The molecule has 0 spiro atoms. The zero-order valence-electron chi connectivity index (χ0n) is 10.3. The molecule has 98 valence electrons. The lowest BCUT2D eigenvalue weighted by molar-refractivity contribution is 0.0598. The SMILES string of the molecule is COC(=O)c1ccc(Cc2cccc(F)c2)[nH]c1=O. The van der Waals surface area contributed by atoms with Gasteiger partial charge in [-0.1, -0.05) is 12.1 Å². The van der Waals surface area contributed by atoms with Crippen molar-refractivity contribution in [2.24, 2.45) is 0 Å². The van der Waals surface area contributed by atoms with E-state index in [0.717, 1.165) is 5.56 Å². The summed E-state index contributed by atoms with van der Waals surface area (Å²) in [5.74, 6) is -1.01. The van der Waals surface area contributed by atoms with Crippen LogP contribution < -0.4 is 5.56 Å². The number of ether oxygens (including phenoxy) is 1. The Morgan fingerprint density at radius 1 is 1.32 bits per heavy atom. The first-order valence-electron chi connectivity index (χ1n) is 5.65. The maximum absolute atomic E-state index is 13.0. The Morgan fingerprint density at radius 2 is 2.11 bits per heavy atom. The Morgan fingerprint density at radius 3 is 2.74 bits per heavy atom. The standard InChI is InChI=1S/C14H12FNO3/c1-19-14(18)12-6-5-11(16-13(12)17)8-9-3-2-4-10(15)7-9/h2-7H,8H2,1H3,(H,16,17). The molecule has 0 atom stereocenters. The molecule has 2 aromatic rings. The van der Waals surface area contributed by atoms with E-state index in [1.54, 1.807) is 18.2 Å². The number of hydrogen-bond acceptors (Lipinski definition) is 3. The molecule has 5 heteroatoms. The van der Waals surface area contributed by atoms with Crippen LogP contribution in [0.4, 0.5) is 4.39 Å². The number of halogens is 1. The van der Waals surface area contributed by atoms with Crippen LogP contribution in [0.5, 0.6) is 0 Å². The Labute approximate surface area is 108 Å². The molecule has 0 saturated heterocycles. The number of carbonyl (C=O) groups is 1. The first-order chi connectivity index (χ1) is 9.10. The third-order valence-electron chi connectivity index (χ3n) is 2.66. The van der Waals surface area contributed by atoms with E-state index in [2.05, 4.69) is 9.72 Å². The highest BCUT2D eigenvalue weighted by molar-refractivity contribution is 5.88. The van der Waals surface area contributed by atoms with Crippen LogP contribution in [-0.4, -0.2) is 18.1 Å². The van der Waals surface area contributed by atoms with Crippen molar-refractivity contribution in [1.29, 1.82) is 0 Å². The summed E-state index contributed by atoms with van der Waals surface area (Å²) in [6.07, 6.45) is 0.383. The van der Waals surface area contributed by atoms with Crippen molar-refractivity contribution in [2.45, 2.75) is 6.42 Å². The van der Waals surface area contributed by atoms with Crippen LogP contribution in [0, 0.1) is 5.82 Å². The first kappa shape index (κ1) is 13.0. The molecular weight excluding hydrogens is 249 g/mol. The molecule has 0 fully saturated rings. The summed E-state index contributed by atoms with van der Waals surface area (Å²) in [5, 5.41) is 0. The summed E-state index contributed by atoms with van der Waals surface area (Å²) >= 11 is 0. The number of pyridine rings is 1. The van der Waals surface area contributed by atoms with Crippen molar-refractivity contribution in [1.82, 2.24) is 4.98 Å². The van der Waals surface area contributed by atoms with Gasteiger partial charge in [0.05, 0.1) is 7.11 Å². The van der Waals surface area contributed by atoms with E-state index in [1.165, 1.54) is 25.3 Å². The van der Waals surface area contributed by atoms with Gasteiger partial charge >= 0.3 is 5.97 Å². The van der Waals surface area contributed by atoms with Gasteiger partial charge in [-0.2, -0.15) is 0 Å². The molecule has 19 heavy (non-hydrogen) atoms. The average molecular weight is 261 g/mol. The van der Waals surface area contributed by atoms with Crippen molar-refractivity contribution in [3.8, 4) is 0 Å². The number of esters is 1. The second-order valence-corrected chi connectivity index (χ2v) is 4.02. The largest absolute Gasteiger partial charge is 0.465 e. The van der Waals surface area contributed by atoms with Gasteiger partial charge in [-0.05, 0) is 29.8 Å². The summed E-state index contributed by atoms with van der Waals surface area (Å²) in [7, 11) is 1.21. The van der Waals surface area contributed by atoms with Gasteiger partial charge in [0.2, 0.25) is 0 Å². The van der Waals surface area contributed by atoms with Gasteiger partial charge in [-0.15, -0.1) is 0 Å². The monoisotopic (exact) mass is 261 g/mol. The lowest BCUT2D eigenvalue weighted by Gasteiger charge is -2.03. The molecule has 0 amide bonds. The number of H-pyrrole nitrogens is 1. The molecule has 0 aliphatic heterocycles. The minimum Gasteiger partial charge on any atom is -0.465 e. The fourth-order valence-electron chi connectivity index (χ4n) is 1.76. The van der Waals surface area contributed by atoms with E-state index in [-0.39, 0.29) is 11.4 Å². The van der Waals surface area contributed by atoms with Gasteiger partial charge in [0.15, 0.2) is 0 Å². The van der Waals surface area contributed by atoms with Crippen LogP contribution in [0.2, 0.25) is 0 Å². The van der Waals surface area contributed by atoms with E-state index >= 15 is 0 Å². The molecule has 2 rings (SSSR count). The molecule has 0 bridgehead atoms. The molecule has 0 aliphatic carbocycles. The van der Waals surface area contributed by atoms with Crippen LogP contribution in [0.1, 0.15) is 21.6 Å². The average Bonchev–Trinajstić information content (AvgIpc) is 2.38. The number of methoxy groups -OCH3 is 1. The summed E-state index contributed by atoms with van der Waals surface area (Å²) in [5.41, 5.74) is 0.774. The van der Waals surface area contributed by atoms with E-state index in [4.69, 9.17) is 0 Å². The second-order valence-electron chi connectivity index (χ2n) is 4.02. The van der Waals surface area contributed by atoms with Gasteiger partial charge in [-0.25, -0.2) is 9.18 Å². The van der Waals surface area contributed by atoms with Crippen molar-refractivity contribution in [2.75, 3.05) is 7.11 Å². The minimum atomic E-state index is -0.682. The van der Waals surface area contributed by atoms with Crippen LogP contribution in [0.15, 0.2) is 41.2 Å². The van der Waals surface area contributed by atoms with E-state index in [0.29, 0.717) is 12.1 Å². The lowest BCUT2D eigenvalue weighted by Crippen LogP contribution is -2.19. The van der Waals surface area contributed by atoms with Crippen LogP contribution in [0.25, 0.3) is 0 Å². The highest BCUT2D eigenvalue weighted by Crippen LogP contribution is 2.08. The Hall–Kier alpha value is -2.43. The molecule has 1 aromatic heterocycles. The lowest BCUT2D eigenvalue weighted by atomic mass is 10.1. The minimum absolute atomic E-state index is 0.0505. The fourth-order valence-corrected chi connectivity index (χ4v) is 1.76. The highest BCUT2D eigenvalue weighted by atomic mass is 19.1. The van der Waals surface area contributed by atoms with Crippen molar-refractivity contribution in [3.63, 3.8) is 0 Å². The summed E-state index contributed by atoms with van der Waals surface area (Å²) in [6.45, 7) is 0. The molecule has 1 heterocycles. The van der Waals surface area contributed by atoms with Crippen LogP contribution >= 0.6 is 0 Å². The van der Waals surface area contributed by atoms with E-state index in [9.17, 15) is 14.0 Å². The van der Waals surface area contributed by atoms with Crippen molar-refractivity contribution >= 4 is 5.97 Å². The number of carbonyl (C=O) groups excluding carboxylic acids is 1. The third kappa shape index (κ3) is 3.07. The van der Waals surface area contributed by atoms with Crippen LogP contribution in [-0.2, 0) is 11.2 Å². The maximum Gasteiger partial charge on any atom is 0.343 e. The van der Waals surface area contributed by atoms with Gasteiger partial charge in [0, 0.05) is 12.1 Å². The quantitative estimate of drug-likeness (QED) is 0.858. The van der Waals surface area contributed by atoms with E-state index < -0.39 is 11.5 Å². The summed E-state index contributed by atoms with van der Waals surface area (Å²) in [4.78, 5) is 25.5. The van der Waals surface area contributed by atoms with Gasteiger partial charge in [0.25, 0.3) is 5.56 Å². The molecule has 0 aliphatic rings. The van der Waals surface area contributed by atoms with Crippen molar-refractivity contribution in [3.05, 3.63) is 69.4 Å². The molecule has 0 radical (unpaired) electrons. The zero-order valence-corrected chi connectivity index (χ0v) is 10.3. The summed E-state index contributed by atoms with van der Waals surface area (Å²) in [6, 6.07) is 9.12.